The van der Waals surface area contributed by atoms with E-state index in [0.29, 0.717) is 29.6 Å². The Balaban J connectivity index is 2.16. The second-order valence-electron chi connectivity index (χ2n) is 4.29. The molecular weight excluding hydrogens is 275 g/mol. The zero-order chi connectivity index (χ0) is 13.1. The van der Waals surface area contributed by atoms with E-state index < -0.39 is 0 Å². The molecule has 4 nitrogen and oxygen atoms in total. The van der Waals surface area contributed by atoms with E-state index in [1.807, 2.05) is 6.92 Å². The van der Waals surface area contributed by atoms with Crippen LogP contribution in [0.3, 0.4) is 0 Å². The van der Waals surface area contributed by atoms with Crippen molar-refractivity contribution >= 4 is 29.1 Å². The lowest BCUT2D eigenvalue weighted by molar-refractivity contribution is -0.0570. The molecule has 1 fully saturated rings. The molecule has 0 spiro atoms. The zero-order valence-electron chi connectivity index (χ0n) is 9.97. The van der Waals surface area contributed by atoms with Crippen molar-refractivity contribution in [3.63, 3.8) is 0 Å². The Hall–Kier alpha value is -0.840. The Labute approximate surface area is 116 Å². The van der Waals surface area contributed by atoms with E-state index >= 15 is 0 Å². The molecule has 6 heteroatoms. The number of halogens is 2. The minimum absolute atomic E-state index is 0.0212. The van der Waals surface area contributed by atoms with Crippen molar-refractivity contribution in [3.05, 3.63) is 29.0 Å². The van der Waals surface area contributed by atoms with Gasteiger partial charge in [0.05, 0.1) is 28.7 Å². The van der Waals surface area contributed by atoms with Crippen LogP contribution in [0.15, 0.2) is 18.5 Å². The molecule has 0 aromatic carbocycles. The molecule has 2 heterocycles. The number of amides is 1. The van der Waals surface area contributed by atoms with Gasteiger partial charge in [-0.25, -0.2) is 0 Å². The van der Waals surface area contributed by atoms with Gasteiger partial charge in [-0.2, -0.15) is 0 Å². The summed E-state index contributed by atoms with van der Waals surface area (Å²) in [5.74, 6) is 0.269. The monoisotopic (exact) mass is 288 g/mol. The first-order chi connectivity index (χ1) is 8.61. The Kier molecular flexibility index (Phi) is 4.43. The Morgan fingerprint density at radius 1 is 1.61 bits per heavy atom. The van der Waals surface area contributed by atoms with Crippen molar-refractivity contribution in [1.82, 2.24) is 9.88 Å². The molecule has 1 aromatic rings. The summed E-state index contributed by atoms with van der Waals surface area (Å²) in [6.45, 7) is 2.96. The smallest absolute Gasteiger partial charge is 0.255 e. The number of carbonyl (C=O) groups is 1. The van der Waals surface area contributed by atoms with Gasteiger partial charge >= 0.3 is 0 Å². The molecule has 0 N–H and O–H groups in total. The van der Waals surface area contributed by atoms with Gasteiger partial charge in [0.1, 0.15) is 0 Å². The number of hydrogen-bond acceptors (Lipinski definition) is 3. The summed E-state index contributed by atoms with van der Waals surface area (Å²) in [5.41, 5.74) is 0.467. The van der Waals surface area contributed by atoms with Crippen molar-refractivity contribution in [1.29, 1.82) is 0 Å². The largest absolute Gasteiger partial charge is 0.370 e. The van der Waals surface area contributed by atoms with Gasteiger partial charge < -0.3 is 9.64 Å². The van der Waals surface area contributed by atoms with Crippen LogP contribution in [0.25, 0.3) is 0 Å². The molecule has 1 aliphatic heterocycles. The first kappa shape index (κ1) is 13.6. The first-order valence-corrected chi connectivity index (χ1v) is 6.63. The molecule has 0 radical (unpaired) electrons. The van der Waals surface area contributed by atoms with Crippen LogP contribution in [0.1, 0.15) is 17.3 Å². The molecular formula is C12H14Cl2N2O2. The van der Waals surface area contributed by atoms with Gasteiger partial charge in [0.15, 0.2) is 0 Å². The zero-order valence-corrected chi connectivity index (χ0v) is 11.5. The summed E-state index contributed by atoms with van der Waals surface area (Å²) in [6.07, 6.45) is 2.88. The number of aromatic nitrogens is 1. The Morgan fingerprint density at radius 2 is 2.39 bits per heavy atom. The lowest BCUT2D eigenvalue weighted by Gasteiger charge is -2.36. The number of nitrogens with zero attached hydrogens (tertiary/aromatic N) is 2. The van der Waals surface area contributed by atoms with E-state index in [2.05, 4.69) is 4.98 Å². The van der Waals surface area contributed by atoms with Gasteiger partial charge in [-0.1, -0.05) is 11.6 Å². The molecule has 0 bridgehead atoms. The van der Waals surface area contributed by atoms with Crippen LogP contribution in [0, 0.1) is 0 Å². The van der Waals surface area contributed by atoms with Crippen LogP contribution in [0.4, 0.5) is 0 Å². The molecule has 18 heavy (non-hydrogen) atoms. The second-order valence-corrected chi connectivity index (χ2v) is 5.00. The normalized spacial score (nSPS) is 24.1. The summed E-state index contributed by atoms with van der Waals surface area (Å²) < 4.78 is 5.61. The van der Waals surface area contributed by atoms with Gasteiger partial charge in [0.25, 0.3) is 5.91 Å². The summed E-state index contributed by atoms with van der Waals surface area (Å²) in [7, 11) is 0. The first-order valence-electron chi connectivity index (χ1n) is 5.72. The number of morpholine rings is 1. The number of pyridine rings is 1. The van der Waals surface area contributed by atoms with Gasteiger partial charge in [0.2, 0.25) is 0 Å². The van der Waals surface area contributed by atoms with E-state index in [9.17, 15) is 4.79 Å². The topological polar surface area (TPSA) is 42.4 Å². The van der Waals surface area contributed by atoms with Crippen molar-refractivity contribution in [3.8, 4) is 0 Å². The van der Waals surface area contributed by atoms with Gasteiger partial charge in [0, 0.05) is 25.5 Å². The van der Waals surface area contributed by atoms with Crippen LogP contribution in [0.5, 0.6) is 0 Å². The number of hydrogen-bond donors (Lipinski definition) is 0. The molecule has 2 atom stereocenters. The molecule has 2 unspecified atom stereocenters. The number of carbonyl (C=O) groups excluding carboxylic acids is 1. The minimum atomic E-state index is -0.125. The van der Waals surface area contributed by atoms with E-state index in [-0.39, 0.29) is 18.1 Å². The van der Waals surface area contributed by atoms with Gasteiger partial charge in [-0.15, -0.1) is 11.6 Å². The fourth-order valence-corrected chi connectivity index (χ4v) is 2.39. The lowest BCUT2D eigenvalue weighted by atomic mass is 10.2. The summed E-state index contributed by atoms with van der Waals surface area (Å²) in [4.78, 5) is 17.9. The summed E-state index contributed by atoms with van der Waals surface area (Å²) in [6, 6.07) is 1.63. The third kappa shape index (κ3) is 2.94. The Bertz CT molecular complexity index is 442. The predicted molar refractivity (Wildman–Crippen MR) is 70.2 cm³/mol. The maximum atomic E-state index is 12.3. The molecule has 1 amide bonds. The minimum Gasteiger partial charge on any atom is -0.370 e. The molecule has 1 aliphatic rings. The SMILES string of the molecule is CC1CN(C(=O)c2ccncc2Cl)CC(CCl)O1. The fraction of sp³-hybridized carbons (Fsp3) is 0.500. The van der Waals surface area contributed by atoms with Crippen molar-refractivity contribution in [2.75, 3.05) is 19.0 Å². The highest BCUT2D eigenvalue weighted by Crippen LogP contribution is 2.19. The third-order valence-electron chi connectivity index (χ3n) is 2.79. The molecule has 2 rings (SSSR count). The lowest BCUT2D eigenvalue weighted by Crippen LogP contribution is -2.49. The molecule has 0 saturated carbocycles. The maximum Gasteiger partial charge on any atom is 0.255 e. The highest BCUT2D eigenvalue weighted by Gasteiger charge is 2.29. The predicted octanol–water partition coefficient (Wildman–Crippen LogP) is 2.20. The maximum absolute atomic E-state index is 12.3. The second kappa shape index (κ2) is 5.87. The van der Waals surface area contributed by atoms with Crippen LogP contribution < -0.4 is 0 Å². The van der Waals surface area contributed by atoms with Crippen LogP contribution >= 0.6 is 23.2 Å². The van der Waals surface area contributed by atoms with Crippen LogP contribution in [-0.2, 0) is 4.74 Å². The van der Waals surface area contributed by atoms with Gasteiger partial charge in [-0.3, -0.25) is 9.78 Å². The van der Waals surface area contributed by atoms with Crippen LogP contribution in [-0.4, -0.2) is 47.0 Å². The molecule has 0 aliphatic carbocycles. The summed E-state index contributed by atoms with van der Waals surface area (Å²) in [5, 5.41) is 0.365. The quantitative estimate of drug-likeness (QED) is 0.784. The van der Waals surface area contributed by atoms with Gasteiger partial charge in [-0.05, 0) is 13.0 Å². The number of ether oxygens (including phenoxy) is 1. The van der Waals surface area contributed by atoms with Crippen molar-refractivity contribution < 1.29 is 9.53 Å². The highest BCUT2D eigenvalue weighted by molar-refractivity contribution is 6.33. The number of alkyl halides is 1. The van der Waals surface area contributed by atoms with Crippen molar-refractivity contribution in [2.45, 2.75) is 19.1 Å². The Morgan fingerprint density at radius 3 is 3.06 bits per heavy atom. The number of rotatable bonds is 2. The van der Waals surface area contributed by atoms with E-state index in [1.165, 1.54) is 6.20 Å². The average Bonchev–Trinajstić information content (AvgIpc) is 2.37. The average molecular weight is 289 g/mol. The third-order valence-corrected chi connectivity index (χ3v) is 3.43. The van der Waals surface area contributed by atoms with E-state index in [1.54, 1.807) is 17.2 Å². The fourth-order valence-electron chi connectivity index (χ4n) is 2.02. The van der Waals surface area contributed by atoms with E-state index in [4.69, 9.17) is 27.9 Å². The molecule has 1 aromatic heterocycles. The van der Waals surface area contributed by atoms with Crippen LogP contribution in [0.2, 0.25) is 5.02 Å². The molecule has 1 saturated heterocycles. The van der Waals surface area contributed by atoms with Crippen molar-refractivity contribution in [2.24, 2.45) is 0 Å². The summed E-state index contributed by atoms with van der Waals surface area (Å²) >= 11 is 11.8. The highest BCUT2D eigenvalue weighted by atomic mass is 35.5. The van der Waals surface area contributed by atoms with E-state index in [0.717, 1.165) is 0 Å². The molecule has 98 valence electrons. The standard InChI is InChI=1S/C12H14Cl2N2O2/c1-8-6-16(7-9(4-13)18-8)12(17)10-2-3-15-5-11(10)14/h2-3,5,8-9H,4,6-7H2,1H3.